The first-order chi connectivity index (χ1) is 7.11. The molecule has 2 atom stereocenters. The van der Waals surface area contributed by atoms with Crippen LogP contribution in [0.5, 0.6) is 0 Å². The van der Waals surface area contributed by atoms with Crippen molar-refractivity contribution in [2.24, 2.45) is 5.73 Å². The van der Waals surface area contributed by atoms with Crippen LogP contribution in [0.2, 0.25) is 0 Å². The van der Waals surface area contributed by atoms with Gasteiger partial charge in [-0.1, -0.05) is 13.8 Å². The highest BCUT2D eigenvalue weighted by Crippen LogP contribution is 2.16. The van der Waals surface area contributed by atoms with Crippen LogP contribution in [-0.2, 0) is 6.42 Å². The summed E-state index contributed by atoms with van der Waals surface area (Å²) in [6.07, 6.45) is 2.13. The molecule has 0 spiro atoms. The van der Waals surface area contributed by atoms with Gasteiger partial charge >= 0.3 is 0 Å². The Labute approximate surface area is 101 Å². The Balaban J connectivity index is 2.27. The van der Waals surface area contributed by atoms with Gasteiger partial charge in [-0.25, -0.2) is 4.98 Å². The molecule has 1 rings (SSSR count). The highest BCUT2D eigenvalue weighted by molar-refractivity contribution is 7.99. The van der Waals surface area contributed by atoms with Gasteiger partial charge in [0.15, 0.2) is 0 Å². The predicted molar refractivity (Wildman–Crippen MR) is 70.7 cm³/mol. The first-order valence-corrected chi connectivity index (χ1v) is 7.32. The van der Waals surface area contributed by atoms with Crippen molar-refractivity contribution in [2.75, 3.05) is 5.75 Å². The molecular formula is C11H20N2S2. The summed E-state index contributed by atoms with van der Waals surface area (Å²) in [5.74, 6) is 1.03. The molecule has 1 heterocycles. The molecule has 1 aromatic rings. The molecule has 0 aromatic carbocycles. The van der Waals surface area contributed by atoms with Gasteiger partial charge in [-0.3, -0.25) is 0 Å². The van der Waals surface area contributed by atoms with Gasteiger partial charge in [-0.2, -0.15) is 11.8 Å². The quantitative estimate of drug-likeness (QED) is 0.836. The second-order valence-electron chi connectivity index (χ2n) is 3.87. The number of hydrogen-bond acceptors (Lipinski definition) is 4. The molecule has 0 radical (unpaired) electrons. The summed E-state index contributed by atoms with van der Waals surface area (Å²) in [6, 6.07) is 0.241. The van der Waals surface area contributed by atoms with Gasteiger partial charge in [-0.05, 0) is 13.3 Å². The first kappa shape index (κ1) is 13.0. The van der Waals surface area contributed by atoms with E-state index < -0.39 is 0 Å². The van der Waals surface area contributed by atoms with Crippen molar-refractivity contribution in [1.29, 1.82) is 0 Å². The van der Waals surface area contributed by atoms with Crippen LogP contribution < -0.4 is 5.73 Å². The Morgan fingerprint density at radius 2 is 2.33 bits per heavy atom. The van der Waals surface area contributed by atoms with Gasteiger partial charge < -0.3 is 5.73 Å². The average Bonchev–Trinajstić information content (AvgIpc) is 2.60. The molecule has 0 aliphatic heterocycles. The van der Waals surface area contributed by atoms with E-state index in [-0.39, 0.29) is 6.04 Å². The van der Waals surface area contributed by atoms with Gasteiger partial charge in [0.05, 0.1) is 10.7 Å². The second-order valence-corrected chi connectivity index (χ2v) is 6.41. The van der Waals surface area contributed by atoms with E-state index in [0.29, 0.717) is 5.25 Å². The molecule has 2 N–H and O–H groups in total. The molecule has 0 saturated carbocycles. The lowest BCUT2D eigenvalue weighted by Gasteiger charge is -2.13. The molecule has 0 aliphatic rings. The Morgan fingerprint density at radius 1 is 1.60 bits per heavy atom. The molecule has 1 aromatic heterocycles. The number of aromatic nitrogens is 1. The maximum Gasteiger partial charge on any atom is 0.0897 e. The smallest absolute Gasteiger partial charge is 0.0897 e. The van der Waals surface area contributed by atoms with Crippen LogP contribution in [0.1, 0.15) is 31.0 Å². The summed E-state index contributed by atoms with van der Waals surface area (Å²) in [6.45, 7) is 6.50. The lowest BCUT2D eigenvalue weighted by Crippen LogP contribution is -2.26. The van der Waals surface area contributed by atoms with E-state index in [9.17, 15) is 0 Å². The van der Waals surface area contributed by atoms with Gasteiger partial charge in [0, 0.05) is 28.8 Å². The highest BCUT2D eigenvalue weighted by atomic mass is 32.2. The Kier molecular flexibility index (Phi) is 5.64. The average molecular weight is 244 g/mol. The van der Waals surface area contributed by atoms with E-state index in [1.807, 2.05) is 18.7 Å². The van der Waals surface area contributed by atoms with Crippen LogP contribution in [0.25, 0.3) is 0 Å². The third-order valence-corrected chi connectivity index (χ3v) is 4.65. The first-order valence-electron chi connectivity index (χ1n) is 5.40. The number of thioether (sulfide) groups is 1. The van der Waals surface area contributed by atoms with Crippen molar-refractivity contribution in [1.82, 2.24) is 4.98 Å². The third kappa shape index (κ3) is 5.00. The highest BCUT2D eigenvalue weighted by Gasteiger charge is 2.08. The van der Waals surface area contributed by atoms with Crippen LogP contribution >= 0.6 is 23.1 Å². The van der Waals surface area contributed by atoms with Gasteiger partial charge in [0.1, 0.15) is 0 Å². The summed E-state index contributed by atoms with van der Waals surface area (Å²) in [5.41, 5.74) is 7.21. The number of hydrogen-bond donors (Lipinski definition) is 1. The minimum atomic E-state index is 0.241. The van der Waals surface area contributed by atoms with Crippen LogP contribution in [0.3, 0.4) is 0 Å². The molecule has 86 valence electrons. The number of thiazole rings is 1. The van der Waals surface area contributed by atoms with Crippen molar-refractivity contribution < 1.29 is 0 Å². The fourth-order valence-corrected chi connectivity index (χ4v) is 2.79. The standard InChI is InChI=1S/C11H20N2S2/c1-4-8(2)14-6-10(12)5-11-7-15-9(3)13-11/h7-8,10H,4-6,12H2,1-3H3. The molecule has 0 aliphatic carbocycles. The third-order valence-electron chi connectivity index (χ3n) is 2.31. The van der Waals surface area contributed by atoms with Crippen LogP contribution in [0, 0.1) is 6.92 Å². The molecular weight excluding hydrogens is 224 g/mol. The van der Waals surface area contributed by atoms with Gasteiger partial charge in [0.25, 0.3) is 0 Å². The zero-order valence-corrected chi connectivity index (χ0v) is 11.3. The zero-order valence-electron chi connectivity index (χ0n) is 9.69. The van der Waals surface area contributed by atoms with Gasteiger partial charge in [0.2, 0.25) is 0 Å². The Morgan fingerprint density at radius 3 is 2.87 bits per heavy atom. The van der Waals surface area contributed by atoms with Crippen LogP contribution in [0.4, 0.5) is 0 Å². The molecule has 0 saturated heterocycles. The predicted octanol–water partition coefficient (Wildman–Crippen LogP) is 2.85. The van der Waals surface area contributed by atoms with E-state index in [1.54, 1.807) is 11.3 Å². The Bertz CT molecular complexity index is 286. The summed E-state index contributed by atoms with van der Waals surface area (Å²) in [5, 5.41) is 3.96. The summed E-state index contributed by atoms with van der Waals surface area (Å²) in [7, 11) is 0. The van der Waals surface area contributed by atoms with E-state index in [1.165, 1.54) is 6.42 Å². The zero-order chi connectivity index (χ0) is 11.3. The SMILES string of the molecule is CCC(C)SCC(N)Cc1csc(C)n1. The van der Waals surface area contributed by atoms with Crippen molar-refractivity contribution in [3.05, 3.63) is 16.1 Å². The largest absolute Gasteiger partial charge is 0.327 e. The number of nitrogens with two attached hydrogens (primary N) is 1. The lowest BCUT2D eigenvalue weighted by molar-refractivity contribution is 0.731. The van der Waals surface area contributed by atoms with Crippen LogP contribution in [0.15, 0.2) is 5.38 Å². The summed E-state index contributed by atoms with van der Waals surface area (Å²) < 4.78 is 0. The second kappa shape index (κ2) is 6.51. The van der Waals surface area contributed by atoms with E-state index >= 15 is 0 Å². The topological polar surface area (TPSA) is 38.9 Å². The van der Waals surface area contributed by atoms with Crippen molar-refractivity contribution in [3.63, 3.8) is 0 Å². The maximum atomic E-state index is 6.06. The molecule has 4 heteroatoms. The fraction of sp³-hybridized carbons (Fsp3) is 0.727. The lowest BCUT2D eigenvalue weighted by atomic mass is 10.2. The fourth-order valence-electron chi connectivity index (χ4n) is 1.24. The maximum absolute atomic E-state index is 6.06. The number of rotatable bonds is 6. The van der Waals surface area contributed by atoms with Crippen LogP contribution in [-0.4, -0.2) is 22.0 Å². The molecule has 0 bridgehead atoms. The van der Waals surface area contributed by atoms with Crippen molar-refractivity contribution in [2.45, 2.75) is 44.9 Å². The van der Waals surface area contributed by atoms with Crippen molar-refractivity contribution in [3.8, 4) is 0 Å². The summed E-state index contributed by atoms with van der Waals surface area (Å²) in [4.78, 5) is 4.43. The Hall–Kier alpha value is -0.0600. The number of aryl methyl sites for hydroxylation is 1. The van der Waals surface area contributed by atoms with Crippen molar-refractivity contribution >= 4 is 23.1 Å². The van der Waals surface area contributed by atoms with Gasteiger partial charge in [-0.15, -0.1) is 11.3 Å². The minimum absolute atomic E-state index is 0.241. The normalized spacial score (nSPS) is 15.2. The van der Waals surface area contributed by atoms with E-state index in [4.69, 9.17) is 5.73 Å². The minimum Gasteiger partial charge on any atom is -0.327 e. The summed E-state index contributed by atoms with van der Waals surface area (Å²) >= 11 is 3.66. The molecule has 2 unspecified atom stereocenters. The molecule has 0 amide bonds. The molecule has 2 nitrogen and oxygen atoms in total. The molecule has 15 heavy (non-hydrogen) atoms. The molecule has 0 fully saturated rings. The monoisotopic (exact) mass is 244 g/mol. The number of nitrogens with zero attached hydrogens (tertiary/aromatic N) is 1. The van der Waals surface area contributed by atoms with E-state index in [0.717, 1.165) is 22.9 Å². The van der Waals surface area contributed by atoms with E-state index in [2.05, 4.69) is 24.2 Å².